The van der Waals surface area contributed by atoms with Gasteiger partial charge in [-0.3, -0.25) is 0 Å². The third-order valence-electron chi connectivity index (χ3n) is 2.97. The van der Waals surface area contributed by atoms with Crippen molar-refractivity contribution in [1.82, 2.24) is 8.96 Å². The van der Waals surface area contributed by atoms with E-state index >= 15 is 0 Å². The molecule has 3 aromatic rings. The third kappa shape index (κ3) is 1.92. The van der Waals surface area contributed by atoms with Crippen molar-refractivity contribution < 1.29 is 8.42 Å². The number of aryl methyl sites for hydroxylation is 1. The number of rotatable bonds is 2. The summed E-state index contributed by atoms with van der Waals surface area (Å²) >= 11 is 0. The first-order valence-corrected chi connectivity index (χ1v) is 7.27. The van der Waals surface area contributed by atoms with E-state index in [1.807, 2.05) is 25.1 Å². The van der Waals surface area contributed by atoms with Crippen LogP contribution in [0.2, 0.25) is 0 Å². The zero-order chi connectivity index (χ0) is 13.5. The van der Waals surface area contributed by atoms with Crippen LogP contribution >= 0.6 is 0 Å². The lowest BCUT2D eigenvalue weighted by Crippen LogP contribution is -2.13. The standard InChI is InChI=1S/C14H12N2O2S/c1-11-5-6-12-7-9-16(13(12)10-11)19(17,18)14-4-2-3-8-15-14/h2-10H,1H3. The molecule has 0 atom stereocenters. The molecule has 0 spiro atoms. The second-order valence-electron chi connectivity index (χ2n) is 4.35. The number of fused-ring (bicyclic) bond motifs is 1. The van der Waals surface area contributed by atoms with Crippen LogP contribution in [-0.4, -0.2) is 17.4 Å². The number of pyridine rings is 1. The minimum absolute atomic E-state index is 0.0500. The van der Waals surface area contributed by atoms with Crippen molar-refractivity contribution in [2.24, 2.45) is 0 Å². The van der Waals surface area contributed by atoms with Crippen LogP contribution in [0.15, 0.2) is 59.9 Å². The molecule has 4 nitrogen and oxygen atoms in total. The lowest BCUT2D eigenvalue weighted by molar-refractivity contribution is 0.585. The highest BCUT2D eigenvalue weighted by molar-refractivity contribution is 7.90. The number of benzene rings is 1. The summed E-state index contributed by atoms with van der Waals surface area (Å²) < 4.78 is 26.3. The van der Waals surface area contributed by atoms with Gasteiger partial charge in [-0.15, -0.1) is 0 Å². The third-order valence-corrected chi connectivity index (χ3v) is 4.58. The molecule has 0 aliphatic rings. The van der Waals surface area contributed by atoms with Gasteiger partial charge in [-0.1, -0.05) is 18.2 Å². The smallest absolute Gasteiger partial charge is 0.243 e. The van der Waals surface area contributed by atoms with E-state index < -0.39 is 10.0 Å². The fourth-order valence-electron chi connectivity index (χ4n) is 2.02. The van der Waals surface area contributed by atoms with Crippen LogP contribution in [0.1, 0.15) is 5.56 Å². The zero-order valence-electron chi connectivity index (χ0n) is 10.3. The zero-order valence-corrected chi connectivity index (χ0v) is 11.1. The first kappa shape index (κ1) is 11.9. The molecule has 0 bridgehead atoms. The van der Waals surface area contributed by atoms with Gasteiger partial charge in [-0.05, 0) is 36.8 Å². The molecule has 0 fully saturated rings. The Labute approximate surface area is 111 Å². The van der Waals surface area contributed by atoms with E-state index in [1.165, 1.54) is 16.2 Å². The van der Waals surface area contributed by atoms with Crippen molar-refractivity contribution >= 4 is 20.9 Å². The summed E-state index contributed by atoms with van der Waals surface area (Å²) in [5.74, 6) is 0. The summed E-state index contributed by atoms with van der Waals surface area (Å²) in [5.41, 5.74) is 1.69. The molecular formula is C14H12N2O2S. The van der Waals surface area contributed by atoms with Crippen molar-refractivity contribution in [2.75, 3.05) is 0 Å². The monoisotopic (exact) mass is 272 g/mol. The normalized spacial score (nSPS) is 11.8. The molecule has 1 aromatic carbocycles. The van der Waals surface area contributed by atoms with Crippen molar-refractivity contribution in [3.05, 3.63) is 60.4 Å². The molecule has 19 heavy (non-hydrogen) atoms. The van der Waals surface area contributed by atoms with Gasteiger partial charge in [0.2, 0.25) is 0 Å². The van der Waals surface area contributed by atoms with Gasteiger partial charge in [0.1, 0.15) is 0 Å². The predicted octanol–water partition coefficient (Wildman–Crippen LogP) is 2.58. The van der Waals surface area contributed by atoms with E-state index in [0.29, 0.717) is 5.52 Å². The molecule has 0 radical (unpaired) electrons. The lowest BCUT2D eigenvalue weighted by atomic mass is 10.2. The Hall–Kier alpha value is -2.14. The second kappa shape index (κ2) is 4.20. The minimum Gasteiger partial charge on any atom is -0.243 e. The fraction of sp³-hybridized carbons (Fsp3) is 0.0714. The largest absolute Gasteiger partial charge is 0.285 e. The Morgan fingerprint density at radius 1 is 1.11 bits per heavy atom. The molecule has 96 valence electrons. The summed E-state index contributed by atoms with van der Waals surface area (Å²) in [6.45, 7) is 1.93. The minimum atomic E-state index is -3.63. The Kier molecular flexibility index (Phi) is 2.64. The number of hydrogen-bond donors (Lipinski definition) is 0. The molecule has 0 N–H and O–H groups in total. The second-order valence-corrected chi connectivity index (χ2v) is 6.11. The molecule has 2 aromatic heterocycles. The molecule has 2 heterocycles. The fourth-order valence-corrected chi connectivity index (χ4v) is 3.31. The number of hydrogen-bond acceptors (Lipinski definition) is 3. The SMILES string of the molecule is Cc1ccc2ccn(S(=O)(=O)c3ccccn3)c2c1. The predicted molar refractivity (Wildman–Crippen MR) is 73.5 cm³/mol. The van der Waals surface area contributed by atoms with Crippen molar-refractivity contribution in [3.8, 4) is 0 Å². The van der Waals surface area contributed by atoms with Gasteiger partial charge in [0.25, 0.3) is 10.0 Å². The Balaban J connectivity index is 2.28. The highest BCUT2D eigenvalue weighted by Gasteiger charge is 2.19. The molecular weight excluding hydrogens is 260 g/mol. The van der Waals surface area contributed by atoms with Crippen LogP contribution in [-0.2, 0) is 10.0 Å². The van der Waals surface area contributed by atoms with Crippen LogP contribution in [0.25, 0.3) is 10.9 Å². The van der Waals surface area contributed by atoms with Gasteiger partial charge in [-0.25, -0.2) is 8.96 Å². The summed E-state index contributed by atoms with van der Waals surface area (Å²) in [7, 11) is -3.63. The van der Waals surface area contributed by atoms with Crippen LogP contribution in [0.5, 0.6) is 0 Å². The average molecular weight is 272 g/mol. The van der Waals surface area contributed by atoms with E-state index in [2.05, 4.69) is 4.98 Å². The Morgan fingerprint density at radius 3 is 2.68 bits per heavy atom. The molecule has 0 saturated heterocycles. The molecule has 0 aliphatic heterocycles. The van der Waals surface area contributed by atoms with E-state index in [4.69, 9.17) is 0 Å². The highest BCUT2D eigenvalue weighted by atomic mass is 32.2. The molecule has 0 aliphatic carbocycles. The quantitative estimate of drug-likeness (QED) is 0.720. The maximum Gasteiger partial charge on any atom is 0.285 e. The van der Waals surface area contributed by atoms with Gasteiger partial charge in [0.15, 0.2) is 5.03 Å². The Morgan fingerprint density at radius 2 is 1.95 bits per heavy atom. The van der Waals surface area contributed by atoms with Gasteiger partial charge in [0.05, 0.1) is 5.52 Å². The van der Waals surface area contributed by atoms with Crippen molar-refractivity contribution in [1.29, 1.82) is 0 Å². The number of nitrogens with zero attached hydrogens (tertiary/aromatic N) is 2. The maximum absolute atomic E-state index is 12.5. The molecule has 5 heteroatoms. The topological polar surface area (TPSA) is 52.0 Å². The van der Waals surface area contributed by atoms with Gasteiger partial charge in [0, 0.05) is 17.8 Å². The summed E-state index contributed by atoms with van der Waals surface area (Å²) in [6.07, 6.45) is 3.04. The average Bonchev–Trinajstić information content (AvgIpc) is 2.83. The van der Waals surface area contributed by atoms with Gasteiger partial charge >= 0.3 is 0 Å². The van der Waals surface area contributed by atoms with Crippen LogP contribution in [0.4, 0.5) is 0 Å². The van der Waals surface area contributed by atoms with Crippen molar-refractivity contribution in [2.45, 2.75) is 11.9 Å². The highest BCUT2D eigenvalue weighted by Crippen LogP contribution is 2.22. The van der Waals surface area contributed by atoms with Gasteiger partial charge in [-0.2, -0.15) is 8.42 Å². The van der Waals surface area contributed by atoms with E-state index in [0.717, 1.165) is 10.9 Å². The van der Waals surface area contributed by atoms with Crippen LogP contribution in [0, 0.1) is 6.92 Å². The molecule has 0 unspecified atom stereocenters. The van der Waals surface area contributed by atoms with E-state index in [1.54, 1.807) is 24.4 Å². The summed E-state index contributed by atoms with van der Waals surface area (Å²) in [4.78, 5) is 3.93. The van der Waals surface area contributed by atoms with Crippen LogP contribution < -0.4 is 0 Å². The van der Waals surface area contributed by atoms with Crippen LogP contribution in [0.3, 0.4) is 0 Å². The first-order chi connectivity index (χ1) is 9.09. The summed E-state index contributed by atoms with van der Waals surface area (Å²) in [5, 5.41) is 0.944. The Bertz CT molecular complexity index is 836. The van der Waals surface area contributed by atoms with Crippen molar-refractivity contribution in [3.63, 3.8) is 0 Å². The molecule has 3 rings (SSSR count). The van der Waals surface area contributed by atoms with E-state index in [9.17, 15) is 8.42 Å². The lowest BCUT2D eigenvalue weighted by Gasteiger charge is -2.06. The molecule has 0 saturated carbocycles. The van der Waals surface area contributed by atoms with Gasteiger partial charge < -0.3 is 0 Å². The molecule has 0 amide bonds. The van der Waals surface area contributed by atoms with E-state index in [-0.39, 0.29) is 5.03 Å². The number of aromatic nitrogens is 2. The maximum atomic E-state index is 12.5. The summed E-state index contributed by atoms with van der Waals surface area (Å²) in [6, 6.07) is 12.4. The first-order valence-electron chi connectivity index (χ1n) is 5.83.